The van der Waals surface area contributed by atoms with E-state index in [1.165, 1.54) is 21.0 Å². The molecule has 4 aromatic rings. The van der Waals surface area contributed by atoms with E-state index in [9.17, 15) is 18.0 Å². The number of nitrogens with one attached hydrogen (secondary N) is 1. The van der Waals surface area contributed by atoms with Gasteiger partial charge in [0, 0.05) is 56.4 Å². The van der Waals surface area contributed by atoms with Gasteiger partial charge >= 0.3 is 5.76 Å². The maximum atomic E-state index is 13.1. The van der Waals surface area contributed by atoms with E-state index in [1.807, 2.05) is 30.5 Å². The van der Waals surface area contributed by atoms with Crippen molar-refractivity contribution < 1.29 is 17.6 Å². The van der Waals surface area contributed by atoms with E-state index >= 15 is 0 Å². The summed E-state index contributed by atoms with van der Waals surface area (Å²) in [4.78, 5) is 29.4. The highest BCUT2D eigenvalue weighted by molar-refractivity contribution is 7.89. The van der Waals surface area contributed by atoms with Gasteiger partial charge in [-0.25, -0.2) is 13.2 Å². The summed E-state index contributed by atoms with van der Waals surface area (Å²) in [6.45, 7) is 1.06. The molecule has 32 heavy (non-hydrogen) atoms. The number of benzene rings is 2. The molecule has 0 saturated carbocycles. The SMILES string of the molecule is Cn1c(=O)oc2cc(S(=O)(=O)N3CCN(C(=O)Cc4c[nH]c5ccccc45)CC3)ccc21. The average molecular weight is 455 g/mol. The van der Waals surface area contributed by atoms with Crippen molar-refractivity contribution in [2.75, 3.05) is 26.2 Å². The topological polar surface area (TPSA) is 109 Å². The molecule has 0 atom stereocenters. The first kappa shape index (κ1) is 20.5. The van der Waals surface area contributed by atoms with E-state index in [-0.39, 0.29) is 35.9 Å². The van der Waals surface area contributed by atoms with Crippen LogP contribution in [0.25, 0.3) is 22.0 Å². The molecule has 3 heterocycles. The number of rotatable bonds is 4. The molecule has 2 aromatic carbocycles. The van der Waals surface area contributed by atoms with Crippen LogP contribution < -0.4 is 5.76 Å². The summed E-state index contributed by atoms with van der Waals surface area (Å²) < 4.78 is 34.0. The van der Waals surface area contributed by atoms with E-state index in [1.54, 1.807) is 18.0 Å². The molecule has 2 aromatic heterocycles. The van der Waals surface area contributed by atoms with Gasteiger partial charge in [-0.3, -0.25) is 9.36 Å². The number of carbonyl (C=O) groups excluding carboxylic acids is 1. The van der Waals surface area contributed by atoms with E-state index in [2.05, 4.69) is 4.98 Å². The van der Waals surface area contributed by atoms with Gasteiger partial charge in [0.15, 0.2) is 5.58 Å². The molecule has 5 rings (SSSR count). The predicted octanol–water partition coefficient (Wildman–Crippen LogP) is 1.69. The van der Waals surface area contributed by atoms with Gasteiger partial charge in [0.25, 0.3) is 0 Å². The van der Waals surface area contributed by atoms with Gasteiger partial charge < -0.3 is 14.3 Å². The van der Waals surface area contributed by atoms with E-state index in [4.69, 9.17) is 4.42 Å². The maximum Gasteiger partial charge on any atom is 0.419 e. The molecule has 0 aliphatic carbocycles. The number of amides is 1. The molecule has 0 spiro atoms. The van der Waals surface area contributed by atoms with E-state index in [0.29, 0.717) is 18.6 Å². The van der Waals surface area contributed by atoms with Crippen molar-refractivity contribution in [2.24, 2.45) is 7.05 Å². The number of piperazine rings is 1. The highest BCUT2D eigenvalue weighted by Crippen LogP contribution is 2.23. The van der Waals surface area contributed by atoms with Gasteiger partial charge in [-0.1, -0.05) is 18.2 Å². The van der Waals surface area contributed by atoms with Gasteiger partial charge in [-0.15, -0.1) is 0 Å². The smallest absolute Gasteiger partial charge is 0.408 e. The van der Waals surface area contributed by atoms with Crippen LogP contribution in [0.2, 0.25) is 0 Å². The Kier molecular flexibility index (Phi) is 4.90. The lowest BCUT2D eigenvalue weighted by Gasteiger charge is -2.34. The molecular formula is C22H22N4O5S. The number of H-pyrrole nitrogens is 1. The number of para-hydroxylation sites is 1. The molecule has 1 amide bonds. The standard InChI is InChI=1S/C22H22N4O5S/c1-24-19-7-6-16(13-20(19)31-22(24)28)32(29,30)26-10-8-25(9-11-26)21(27)12-15-14-23-18-5-3-2-4-17(15)18/h2-7,13-14,23H,8-12H2,1H3. The zero-order valence-electron chi connectivity index (χ0n) is 17.4. The molecule has 1 fully saturated rings. The van der Waals surface area contributed by atoms with Crippen molar-refractivity contribution >= 4 is 37.9 Å². The minimum Gasteiger partial charge on any atom is -0.408 e. The number of aryl methyl sites for hydroxylation is 1. The number of sulfonamides is 1. The summed E-state index contributed by atoms with van der Waals surface area (Å²) in [7, 11) is -2.20. The number of hydrogen-bond donors (Lipinski definition) is 1. The zero-order valence-corrected chi connectivity index (χ0v) is 18.3. The third-order valence-corrected chi connectivity index (χ3v) is 7.90. The Morgan fingerprint density at radius 3 is 2.62 bits per heavy atom. The van der Waals surface area contributed by atoms with Crippen molar-refractivity contribution in [1.82, 2.24) is 18.8 Å². The van der Waals surface area contributed by atoms with Crippen molar-refractivity contribution in [3.63, 3.8) is 0 Å². The van der Waals surface area contributed by atoms with Crippen LogP contribution in [0.15, 0.2) is 62.8 Å². The predicted molar refractivity (Wildman–Crippen MR) is 119 cm³/mol. The van der Waals surface area contributed by atoms with Crippen LogP contribution in [0.3, 0.4) is 0 Å². The molecule has 0 radical (unpaired) electrons. The highest BCUT2D eigenvalue weighted by atomic mass is 32.2. The normalized spacial score (nSPS) is 15.6. The number of oxazole rings is 1. The second-order valence-corrected chi connectivity index (χ2v) is 9.82. The Bertz CT molecular complexity index is 1490. The largest absolute Gasteiger partial charge is 0.419 e. The summed E-state index contributed by atoms with van der Waals surface area (Å²) >= 11 is 0. The Labute approximate surface area is 183 Å². The van der Waals surface area contributed by atoms with Crippen LogP contribution in [-0.2, 0) is 28.3 Å². The minimum absolute atomic E-state index is 0.0284. The van der Waals surface area contributed by atoms with Crippen molar-refractivity contribution in [1.29, 1.82) is 0 Å². The monoisotopic (exact) mass is 454 g/mol. The second-order valence-electron chi connectivity index (χ2n) is 7.88. The van der Waals surface area contributed by atoms with Crippen LogP contribution >= 0.6 is 0 Å². The second kappa shape index (κ2) is 7.64. The summed E-state index contributed by atoms with van der Waals surface area (Å²) in [5.41, 5.74) is 2.67. The first-order valence-corrected chi connectivity index (χ1v) is 11.7. The van der Waals surface area contributed by atoms with Gasteiger partial charge in [0.05, 0.1) is 16.8 Å². The number of hydrogen-bond acceptors (Lipinski definition) is 5. The maximum absolute atomic E-state index is 13.1. The Morgan fingerprint density at radius 1 is 1.09 bits per heavy atom. The molecule has 166 valence electrons. The molecule has 0 unspecified atom stereocenters. The van der Waals surface area contributed by atoms with Crippen molar-refractivity contribution in [2.45, 2.75) is 11.3 Å². The summed E-state index contributed by atoms with van der Waals surface area (Å²) in [6, 6.07) is 12.2. The summed E-state index contributed by atoms with van der Waals surface area (Å²) in [5.74, 6) is -0.573. The fraction of sp³-hybridized carbons (Fsp3) is 0.273. The fourth-order valence-electron chi connectivity index (χ4n) is 4.15. The summed E-state index contributed by atoms with van der Waals surface area (Å²) in [5, 5.41) is 1.02. The molecule has 1 N–H and O–H groups in total. The lowest BCUT2D eigenvalue weighted by Crippen LogP contribution is -2.50. The highest BCUT2D eigenvalue weighted by Gasteiger charge is 2.30. The lowest BCUT2D eigenvalue weighted by molar-refractivity contribution is -0.131. The number of aromatic nitrogens is 2. The first-order chi connectivity index (χ1) is 15.3. The Morgan fingerprint density at radius 2 is 1.84 bits per heavy atom. The van der Waals surface area contributed by atoms with Gasteiger partial charge in [-0.05, 0) is 23.8 Å². The number of nitrogens with zero attached hydrogens (tertiary/aromatic N) is 3. The molecular weight excluding hydrogens is 432 g/mol. The van der Waals surface area contributed by atoms with E-state index < -0.39 is 15.8 Å². The zero-order chi connectivity index (χ0) is 22.5. The van der Waals surface area contributed by atoms with Gasteiger partial charge in [-0.2, -0.15) is 4.31 Å². The van der Waals surface area contributed by atoms with Crippen LogP contribution in [-0.4, -0.2) is 59.3 Å². The quantitative estimate of drug-likeness (QED) is 0.505. The van der Waals surface area contributed by atoms with Crippen LogP contribution in [0.4, 0.5) is 0 Å². The number of aromatic amines is 1. The lowest BCUT2D eigenvalue weighted by atomic mass is 10.1. The van der Waals surface area contributed by atoms with Crippen LogP contribution in [0, 0.1) is 0 Å². The number of carbonyl (C=O) groups is 1. The fourth-order valence-corrected chi connectivity index (χ4v) is 5.59. The molecule has 10 heteroatoms. The number of fused-ring (bicyclic) bond motifs is 2. The average Bonchev–Trinajstić information content (AvgIpc) is 3.34. The molecule has 1 aliphatic rings. The van der Waals surface area contributed by atoms with Crippen LogP contribution in [0.1, 0.15) is 5.56 Å². The Hall–Kier alpha value is -3.37. The first-order valence-electron chi connectivity index (χ1n) is 10.3. The van der Waals surface area contributed by atoms with E-state index in [0.717, 1.165) is 16.5 Å². The molecule has 9 nitrogen and oxygen atoms in total. The third kappa shape index (κ3) is 3.41. The van der Waals surface area contributed by atoms with Crippen molar-refractivity contribution in [3.8, 4) is 0 Å². The van der Waals surface area contributed by atoms with Crippen LogP contribution in [0.5, 0.6) is 0 Å². The molecule has 1 saturated heterocycles. The minimum atomic E-state index is -3.77. The molecule has 1 aliphatic heterocycles. The van der Waals surface area contributed by atoms with Gasteiger partial charge in [0.2, 0.25) is 15.9 Å². The summed E-state index contributed by atoms with van der Waals surface area (Å²) in [6.07, 6.45) is 2.11. The Balaban J connectivity index is 1.28. The van der Waals surface area contributed by atoms with Gasteiger partial charge in [0.1, 0.15) is 0 Å². The van der Waals surface area contributed by atoms with Crippen molar-refractivity contribution in [3.05, 3.63) is 64.8 Å². The molecule has 0 bridgehead atoms. The third-order valence-electron chi connectivity index (χ3n) is 6.01.